The van der Waals surface area contributed by atoms with Crippen LogP contribution in [0.3, 0.4) is 0 Å². The summed E-state index contributed by atoms with van der Waals surface area (Å²) in [4.78, 5) is 1.89. The molecule has 2 aromatic carbocycles. The van der Waals surface area contributed by atoms with Crippen molar-refractivity contribution in [1.82, 2.24) is 5.32 Å². The third kappa shape index (κ3) is 3.24. The van der Waals surface area contributed by atoms with Crippen molar-refractivity contribution in [3.05, 3.63) is 59.4 Å². The highest BCUT2D eigenvalue weighted by atomic mass is 19.1. The molecule has 1 aliphatic rings. The predicted octanol–water partition coefficient (Wildman–Crippen LogP) is 4.15. The molecule has 0 amide bonds. The summed E-state index contributed by atoms with van der Waals surface area (Å²) >= 11 is 0. The second-order valence-electron chi connectivity index (χ2n) is 5.78. The van der Waals surface area contributed by atoms with Gasteiger partial charge in [0.2, 0.25) is 0 Å². The number of nitrogens with zero attached hydrogens (tertiary/aromatic N) is 1. The summed E-state index contributed by atoms with van der Waals surface area (Å²) in [6, 6.07) is 13.9. The van der Waals surface area contributed by atoms with E-state index in [2.05, 4.69) is 30.4 Å². The number of benzene rings is 2. The fraction of sp³-hybridized carbons (Fsp3) is 0.333. The summed E-state index contributed by atoms with van der Waals surface area (Å²) in [5, 5.41) is 3.53. The molecule has 1 N–H and O–H groups in total. The minimum Gasteiger partial charge on any atom is -0.342 e. The SMILES string of the molecule is Cc1cc(N(C)c2ccccc2F)ccc1CNC1CC1. The van der Waals surface area contributed by atoms with Gasteiger partial charge in [0, 0.05) is 25.3 Å². The van der Waals surface area contributed by atoms with Gasteiger partial charge in [0.25, 0.3) is 0 Å². The Bertz CT molecular complexity index is 635. The molecule has 0 aliphatic heterocycles. The van der Waals surface area contributed by atoms with Crippen LogP contribution in [-0.4, -0.2) is 13.1 Å². The topological polar surface area (TPSA) is 15.3 Å². The summed E-state index contributed by atoms with van der Waals surface area (Å²) < 4.78 is 13.9. The van der Waals surface area contributed by atoms with Gasteiger partial charge in [-0.15, -0.1) is 0 Å². The van der Waals surface area contributed by atoms with Crippen LogP contribution in [0.25, 0.3) is 0 Å². The van der Waals surface area contributed by atoms with Gasteiger partial charge in [-0.1, -0.05) is 18.2 Å². The van der Waals surface area contributed by atoms with Crippen LogP contribution < -0.4 is 10.2 Å². The Morgan fingerprint density at radius 1 is 1.19 bits per heavy atom. The zero-order valence-corrected chi connectivity index (χ0v) is 12.6. The van der Waals surface area contributed by atoms with E-state index in [0.29, 0.717) is 11.7 Å². The van der Waals surface area contributed by atoms with Gasteiger partial charge in [0.05, 0.1) is 5.69 Å². The van der Waals surface area contributed by atoms with Gasteiger partial charge in [-0.3, -0.25) is 0 Å². The maximum Gasteiger partial charge on any atom is 0.146 e. The molecule has 1 saturated carbocycles. The van der Waals surface area contributed by atoms with E-state index >= 15 is 0 Å². The second-order valence-corrected chi connectivity index (χ2v) is 5.78. The first kappa shape index (κ1) is 14.1. The fourth-order valence-corrected chi connectivity index (χ4v) is 2.49. The monoisotopic (exact) mass is 284 g/mol. The summed E-state index contributed by atoms with van der Waals surface area (Å²) in [5.74, 6) is -0.197. The van der Waals surface area contributed by atoms with Gasteiger partial charge in [-0.25, -0.2) is 4.39 Å². The Kier molecular flexibility index (Phi) is 3.93. The number of hydrogen-bond acceptors (Lipinski definition) is 2. The lowest BCUT2D eigenvalue weighted by Gasteiger charge is -2.21. The quantitative estimate of drug-likeness (QED) is 0.887. The molecule has 0 radical (unpaired) electrons. The highest BCUT2D eigenvalue weighted by Gasteiger charge is 2.20. The zero-order valence-electron chi connectivity index (χ0n) is 12.6. The van der Waals surface area contributed by atoms with E-state index in [0.717, 1.165) is 12.2 Å². The summed E-state index contributed by atoms with van der Waals surface area (Å²) in [6.45, 7) is 3.03. The molecule has 0 aromatic heterocycles. The largest absolute Gasteiger partial charge is 0.342 e. The molecule has 0 atom stereocenters. The first-order valence-electron chi connectivity index (χ1n) is 7.46. The average Bonchev–Trinajstić information content (AvgIpc) is 3.30. The van der Waals surface area contributed by atoms with Crippen molar-refractivity contribution in [2.24, 2.45) is 0 Å². The van der Waals surface area contributed by atoms with Gasteiger partial charge < -0.3 is 10.2 Å². The summed E-state index contributed by atoms with van der Waals surface area (Å²) in [6.07, 6.45) is 2.60. The lowest BCUT2D eigenvalue weighted by atomic mass is 10.1. The highest BCUT2D eigenvalue weighted by molar-refractivity contribution is 5.64. The average molecular weight is 284 g/mol. The molecule has 3 rings (SSSR count). The lowest BCUT2D eigenvalue weighted by Crippen LogP contribution is -2.16. The smallest absolute Gasteiger partial charge is 0.146 e. The third-order valence-corrected chi connectivity index (χ3v) is 4.09. The summed E-state index contributed by atoms with van der Waals surface area (Å²) in [7, 11) is 1.90. The van der Waals surface area contributed by atoms with Crippen LogP contribution in [0.15, 0.2) is 42.5 Å². The van der Waals surface area contributed by atoms with Crippen molar-refractivity contribution in [1.29, 1.82) is 0 Å². The van der Waals surface area contributed by atoms with E-state index < -0.39 is 0 Å². The zero-order chi connectivity index (χ0) is 14.8. The molecule has 3 heteroatoms. The molecule has 2 aromatic rings. The number of hydrogen-bond donors (Lipinski definition) is 1. The number of rotatable bonds is 5. The molecule has 0 heterocycles. The Morgan fingerprint density at radius 2 is 1.95 bits per heavy atom. The number of nitrogens with one attached hydrogen (secondary N) is 1. The predicted molar refractivity (Wildman–Crippen MR) is 85.5 cm³/mol. The molecule has 110 valence electrons. The van der Waals surface area contributed by atoms with Crippen molar-refractivity contribution in [2.75, 3.05) is 11.9 Å². The Morgan fingerprint density at radius 3 is 2.62 bits per heavy atom. The number of halogens is 1. The van der Waals surface area contributed by atoms with Crippen LogP contribution >= 0.6 is 0 Å². The minimum atomic E-state index is -0.197. The summed E-state index contributed by atoms with van der Waals surface area (Å²) in [5.41, 5.74) is 4.16. The van der Waals surface area contributed by atoms with Crippen molar-refractivity contribution >= 4 is 11.4 Å². The van der Waals surface area contributed by atoms with Crippen molar-refractivity contribution in [2.45, 2.75) is 32.4 Å². The van der Waals surface area contributed by atoms with E-state index in [1.165, 1.54) is 30.0 Å². The lowest BCUT2D eigenvalue weighted by molar-refractivity contribution is 0.627. The van der Waals surface area contributed by atoms with Crippen molar-refractivity contribution in [3.8, 4) is 0 Å². The first-order chi connectivity index (χ1) is 10.1. The molecular formula is C18H21FN2. The van der Waals surface area contributed by atoms with E-state index in [1.807, 2.05) is 18.0 Å². The van der Waals surface area contributed by atoms with Crippen LogP contribution in [0.5, 0.6) is 0 Å². The molecular weight excluding hydrogens is 263 g/mol. The number of anilines is 2. The molecule has 21 heavy (non-hydrogen) atoms. The maximum atomic E-state index is 13.9. The first-order valence-corrected chi connectivity index (χ1v) is 7.46. The Hall–Kier alpha value is -1.87. The van der Waals surface area contributed by atoms with Crippen LogP contribution in [0.1, 0.15) is 24.0 Å². The third-order valence-electron chi connectivity index (χ3n) is 4.09. The van der Waals surface area contributed by atoms with Gasteiger partial charge >= 0.3 is 0 Å². The van der Waals surface area contributed by atoms with Gasteiger partial charge in [0.1, 0.15) is 5.82 Å². The second kappa shape index (κ2) is 5.86. The standard InChI is InChI=1S/C18H21FN2/c1-13-11-16(10-7-14(13)12-20-15-8-9-15)21(2)18-6-4-3-5-17(18)19/h3-7,10-11,15,20H,8-9,12H2,1-2H3. The van der Waals surface area contributed by atoms with Gasteiger partial charge in [0.15, 0.2) is 0 Å². The van der Waals surface area contributed by atoms with Crippen LogP contribution in [-0.2, 0) is 6.54 Å². The number of aryl methyl sites for hydroxylation is 1. The molecule has 0 unspecified atom stereocenters. The van der Waals surface area contributed by atoms with Crippen LogP contribution in [0.4, 0.5) is 15.8 Å². The van der Waals surface area contributed by atoms with Crippen LogP contribution in [0.2, 0.25) is 0 Å². The molecule has 0 saturated heterocycles. The molecule has 0 spiro atoms. The number of para-hydroxylation sites is 1. The molecule has 1 fully saturated rings. The normalized spacial score (nSPS) is 14.2. The van der Waals surface area contributed by atoms with Crippen LogP contribution in [0, 0.1) is 12.7 Å². The Labute approximate surface area is 125 Å². The molecule has 2 nitrogen and oxygen atoms in total. The van der Waals surface area contributed by atoms with E-state index in [4.69, 9.17) is 0 Å². The van der Waals surface area contributed by atoms with Crippen molar-refractivity contribution < 1.29 is 4.39 Å². The molecule has 0 bridgehead atoms. The highest BCUT2D eigenvalue weighted by Crippen LogP contribution is 2.28. The van der Waals surface area contributed by atoms with Gasteiger partial charge in [-0.05, 0) is 55.2 Å². The van der Waals surface area contributed by atoms with Crippen molar-refractivity contribution in [3.63, 3.8) is 0 Å². The van der Waals surface area contributed by atoms with Gasteiger partial charge in [-0.2, -0.15) is 0 Å². The minimum absolute atomic E-state index is 0.197. The van der Waals surface area contributed by atoms with E-state index in [-0.39, 0.29) is 5.82 Å². The maximum absolute atomic E-state index is 13.9. The fourth-order valence-electron chi connectivity index (χ4n) is 2.49. The van der Waals surface area contributed by atoms with E-state index in [9.17, 15) is 4.39 Å². The molecule has 1 aliphatic carbocycles. The Balaban J connectivity index is 1.78. The van der Waals surface area contributed by atoms with E-state index in [1.54, 1.807) is 12.1 Å².